The molecule has 0 heterocycles. The van der Waals surface area contributed by atoms with Crippen LogP contribution in [-0.2, 0) is 54.4 Å². The molecule has 66 heavy (non-hydrogen) atoms. The highest BCUT2D eigenvalue weighted by Gasteiger charge is 2.33. The van der Waals surface area contributed by atoms with Gasteiger partial charge in [0.2, 0.25) is 53.2 Å². The summed E-state index contributed by atoms with van der Waals surface area (Å²) in [6.07, 6.45) is -1.47. The molecule has 0 bridgehead atoms. The number of nitrogens with one attached hydrogen (secondary N) is 7. The number of carbonyl (C=O) groups excluding carboxylic acids is 9. The van der Waals surface area contributed by atoms with Gasteiger partial charge in [0.25, 0.3) is 0 Å². The second-order valence-corrected chi connectivity index (χ2v) is 15.4. The van der Waals surface area contributed by atoms with Crippen LogP contribution in [0.15, 0.2) is 29.3 Å². The number of carboxylic acid groups (broad SMARTS) is 1. The zero-order chi connectivity index (χ0) is 50.1. The topological polar surface area (TPSA) is 478 Å². The second-order valence-electron chi connectivity index (χ2n) is 15.4. The Balaban J connectivity index is 3.30. The zero-order valence-corrected chi connectivity index (χ0v) is 36.6. The Morgan fingerprint density at radius 1 is 0.606 bits per heavy atom. The highest BCUT2D eigenvalue weighted by atomic mass is 16.4. The first kappa shape index (κ1) is 56.9. The summed E-state index contributed by atoms with van der Waals surface area (Å²) >= 11 is 0. The van der Waals surface area contributed by atoms with Gasteiger partial charge >= 0.3 is 5.97 Å². The molecular formula is C39H63N13O14. The molecule has 0 saturated heterocycles. The molecule has 9 amide bonds. The smallest absolute Gasteiger partial charge is 0.328 e. The van der Waals surface area contributed by atoms with E-state index >= 15 is 0 Å². The molecule has 1 aromatic carbocycles. The number of rotatable bonds is 31. The Kier molecular flexibility index (Phi) is 25.3. The highest BCUT2D eigenvalue weighted by Crippen LogP contribution is 2.13. The van der Waals surface area contributed by atoms with Crippen LogP contribution in [-0.4, -0.2) is 154 Å². The molecule has 27 heteroatoms. The predicted molar refractivity (Wildman–Crippen MR) is 232 cm³/mol. The van der Waals surface area contributed by atoms with Crippen LogP contribution in [0.4, 0.5) is 0 Å². The van der Waals surface area contributed by atoms with Crippen LogP contribution in [0.5, 0.6) is 5.75 Å². The van der Waals surface area contributed by atoms with Gasteiger partial charge in [-0.05, 0) is 55.7 Å². The van der Waals surface area contributed by atoms with Crippen LogP contribution in [0.1, 0.15) is 64.4 Å². The molecule has 0 aliphatic carbocycles. The number of aliphatic hydroxyl groups is 2. The number of guanidine groups is 1. The van der Waals surface area contributed by atoms with Crippen LogP contribution < -0.4 is 65.9 Å². The molecule has 0 spiro atoms. The van der Waals surface area contributed by atoms with Crippen LogP contribution in [0, 0.1) is 5.92 Å². The standard InChI is InChI=1S/C39H63N13O14/c1-19(2)14-25(36(63)52-28(18-54)38(65)66)49-37(64)27(17-53)51-34(61)23(4-3-13-45-39(43)44)47-31(58)16-46-33(60)26(15-20-5-7-21(55)8-6-20)50-35(62)24(10-12-30(42)57)48-32(59)22(40)9-11-29(41)56/h5-8,19,22-28,53-55H,3-4,9-18,40H2,1-2H3,(H2,41,56)(H2,42,57)(H,46,60)(H,47,58)(H,48,59)(H,49,64)(H,50,62)(H,51,61)(H,52,63)(H,65,66)(H4,43,44,45)/t22-,23-,24-,25-,26-,27-,28-/m0/s1. The van der Waals surface area contributed by atoms with Gasteiger partial charge in [-0.15, -0.1) is 0 Å². The third-order valence-electron chi connectivity index (χ3n) is 9.33. The third-order valence-corrected chi connectivity index (χ3v) is 9.33. The molecule has 1 rings (SSSR count). The quantitative estimate of drug-likeness (QED) is 0.0187. The van der Waals surface area contributed by atoms with Crippen molar-refractivity contribution in [2.24, 2.45) is 39.6 Å². The summed E-state index contributed by atoms with van der Waals surface area (Å²) < 4.78 is 0. The van der Waals surface area contributed by atoms with Crippen molar-refractivity contribution in [3.05, 3.63) is 29.8 Å². The number of aliphatic carboxylic acids is 1. The van der Waals surface area contributed by atoms with Crippen molar-refractivity contribution in [2.45, 2.75) is 108 Å². The van der Waals surface area contributed by atoms with Gasteiger partial charge in [-0.25, -0.2) is 4.79 Å². The monoisotopic (exact) mass is 937 g/mol. The number of aliphatic imine (C=N–C) groups is 1. The highest BCUT2D eigenvalue weighted by molar-refractivity contribution is 5.97. The van der Waals surface area contributed by atoms with Gasteiger partial charge in [0, 0.05) is 25.8 Å². The molecule has 0 fully saturated rings. The summed E-state index contributed by atoms with van der Waals surface area (Å²) in [5.74, 6) is -10.5. The minimum atomic E-state index is -1.71. The van der Waals surface area contributed by atoms with Crippen molar-refractivity contribution in [1.29, 1.82) is 0 Å². The van der Waals surface area contributed by atoms with E-state index in [0.29, 0.717) is 5.56 Å². The Morgan fingerprint density at radius 2 is 1.09 bits per heavy atom. The molecule has 0 saturated carbocycles. The second kappa shape index (κ2) is 29.3. The van der Waals surface area contributed by atoms with Gasteiger partial charge in [-0.3, -0.25) is 48.1 Å². The van der Waals surface area contributed by atoms with E-state index in [9.17, 15) is 68.4 Å². The van der Waals surface area contributed by atoms with Gasteiger partial charge in [0.05, 0.1) is 25.8 Å². The average Bonchev–Trinajstić information content (AvgIpc) is 3.24. The largest absolute Gasteiger partial charge is 0.508 e. The Hall–Kier alpha value is -7.13. The molecule has 0 aliphatic heterocycles. The number of hydrogen-bond donors (Lipinski definition) is 16. The molecule has 0 radical (unpaired) electrons. The number of benzene rings is 1. The minimum absolute atomic E-state index is 0.0152. The Labute approximate surface area is 379 Å². The Morgan fingerprint density at radius 3 is 1.62 bits per heavy atom. The van der Waals surface area contributed by atoms with Gasteiger partial charge in [-0.1, -0.05) is 26.0 Å². The normalized spacial score (nSPS) is 14.0. The first-order chi connectivity index (χ1) is 31.0. The van der Waals surface area contributed by atoms with Gasteiger partial charge in [0.1, 0.15) is 42.0 Å². The fourth-order valence-electron chi connectivity index (χ4n) is 5.82. The van der Waals surface area contributed by atoms with E-state index in [2.05, 4.69) is 42.2 Å². The van der Waals surface area contributed by atoms with Gasteiger partial charge in [-0.2, -0.15) is 0 Å². The minimum Gasteiger partial charge on any atom is -0.508 e. The van der Waals surface area contributed by atoms with E-state index in [0.717, 1.165) is 0 Å². The lowest BCUT2D eigenvalue weighted by molar-refractivity contribution is -0.143. The summed E-state index contributed by atoms with van der Waals surface area (Å²) in [4.78, 5) is 131. The number of carboxylic acids is 1. The number of carbonyl (C=O) groups is 10. The molecule has 1 aromatic rings. The van der Waals surface area contributed by atoms with E-state index in [1.807, 2.05) is 0 Å². The van der Waals surface area contributed by atoms with Crippen molar-refractivity contribution >= 4 is 65.1 Å². The first-order valence-corrected chi connectivity index (χ1v) is 20.7. The summed E-state index contributed by atoms with van der Waals surface area (Å²) in [6, 6.07) is -4.96. The van der Waals surface area contributed by atoms with Crippen molar-refractivity contribution in [3.63, 3.8) is 0 Å². The SMILES string of the molecule is CC(C)C[C@H](NC(=O)[C@H](CO)NC(=O)[C@H](CCCN=C(N)N)NC(=O)CNC(=O)[C@H](Cc1ccc(O)cc1)NC(=O)[C@H](CCC(N)=O)NC(=O)[C@@H](N)CCC(N)=O)C(=O)N[C@@H](CO)C(=O)O. The summed E-state index contributed by atoms with van der Waals surface area (Å²) in [5.41, 5.74) is 27.4. The molecule has 0 unspecified atom stereocenters. The maximum Gasteiger partial charge on any atom is 0.328 e. The lowest BCUT2D eigenvalue weighted by atomic mass is 10.0. The number of aliphatic hydroxyl groups excluding tert-OH is 2. The average molecular weight is 938 g/mol. The number of aromatic hydroxyl groups is 1. The number of nitrogens with zero attached hydrogens (tertiary/aromatic N) is 1. The number of phenols is 1. The summed E-state index contributed by atoms with van der Waals surface area (Å²) in [6.45, 7) is 0.620. The number of nitrogens with two attached hydrogens (primary N) is 5. The van der Waals surface area contributed by atoms with Crippen LogP contribution in [0.3, 0.4) is 0 Å². The molecule has 368 valence electrons. The zero-order valence-electron chi connectivity index (χ0n) is 36.6. The van der Waals surface area contributed by atoms with E-state index in [1.54, 1.807) is 13.8 Å². The van der Waals surface area contributed by atoms with Crippen molar-refractivity contribution < 1.29 is 68.4 Å². The van der Waals surface area contributed by atoms with E-state index in [1.165, 1.54) is 24.3 Å². The maximum atomic E-state index is 13.6. The fourth-order valence-corrected chi connectivity index (χ4v) is 5.82. The lowest BCUT2D eigenvalue weighted by Gasteiger charge is -2.26. The van der Waals surface area contributed by atoms with Crippen LogP contribution in [0.2, 0.25) is 0 Å². The maximum absolute atomic E-state index is 13.6. The Bertz CT molecular complexity index is 1880. The molecule has 27 nitrogen and oxygen atoms in total. The number of primary amides is 2. The molecule has 0 aliphatic rings. The van der Waals surface area contributed by atoms with Gasteiger partial charge < -0.3 is 86.3 Å². The molecular weight excluding hydrogens is 875 g/mol. The first-order valence-electron chi connectivity index (χ1n) is 20.7. The van der Waals surface area contributed by atoms with E-state index in [4.69, 9.17) is 28.7 Å². The number of amides is 9. The fraction of sp³-hybridized carbons (Fsp3) is 0.564. The van der Waals surface area contributed by atoms with Crippen molar-refractivity contribution in [1.82, 2.24) is 37.2 Å². The predicted octanol–water partition coefficient (Wildman–Crippen LogP) is -7.01. The van der Waals surface area contributed by atoms with E-state index in [-0.39, 0.29) is 75.5 Å². The third kappa shape index (κ3) is 22.5. The van der Waals surface area contributed by atoms with Crippen molar-refractivity contribution in [2.75, 3.05) is 26.3 Å². The summed E-state index contributed by atoms with van der Waals surface area (Å²) in [5, 5.41) is 54.7. The van der Waals surface area contributed by atoms with Crippen LogP contribution >= 0.6 is 0 Å². The van der Waals surface area contributed by atoms with Crippen molar-refractivity contribution in [3.8, 4) is 5.75 Å². The molecule has 21 N–H and O–H groups in total. The van der Waals surface area contributed by atoms with Gasteiger partial charge in [0.15, 0.2) is 5.96 Å². The van der Waals surface area contributed by atoms with Crippen LogP contribution in [0.25, 0.3) is 0 Å². The number of hydrogen-bond acceptors (Lipinski definition) is 15. The molecule has 0 aromatic heterocycles. The van der Waals surface area contributed by atoms with E-state index < -0.39 is 121 Å². The number of phenolic OH excluding ortho intramolecular Hbond substituents is 1. The lowest BCUT2D eigenvalue weighted by Crippen LogP contribution is -2.59. The summed E-state index contributed by atoms with van der Waals surface area (Å²) in [7, 11) is 0. The molecule has 7 atom stereocenters.